The lowest BCUT2D eigenvalue weighted by molar-refractivity contribution is 0.0511. The van der Waals surface area contributed by atoms with Gasteiger partial charge in [0, 0.05) is 6.04 Å². The molecule has 92 valence electrons. The largest absolute Gasteiger partial charge is 0.444 e. The molecule has 1 aliphatic rings. The maximum Gasteiger partial charge on any atom is 0.408 e. The molecular weight excluding hydrogens is 204 g/mol. The highest BCUT2D eigenvalue weighted by Crippen LogP contribution is 2.32. The molecule has 3 atom stereocenters. The summed E-state index contributed by atoms with van der Waals surface area (Å²) in [6, 6.07) is 0.247. The van der Waals surface area contributed by atoms with Crippen LogP contribution in [0.2, 0.25) is 0 Å². The standard InChI is InChI=1S/C12H22N2O2/c1-5-9(6-8-7-10(8)13)14-11(15)16-12(2,3)4/h5,8-10H,1,6-7,13H2,2-4H3,(H,14,15)/t8-,9-,10+/m1/s1. The first-order valence-electron chi connectivity index (χ1n) is 5.69. The summed E-state index contributed by atoms with van der Waals surface area (Å²) >= 11 is 0. The van der Waals surface area contributed by atoms with Crippen LogP contribution in [-0.2, 0) is 4.74 Å². The molecule has 3 N–H and O–H groups in total. The summed E-state index contributed by atoms with van der Waals surface area (Å²) in [7, 11) is 0. The van der Waals surface area contributed by atoms with E-state index in [1.165, 1.54) is 0 Å². The molecule has 1 rings (SSSR count). The summed E-state index contributed by atoms with van der Waals surface area (Å²) in [6.07, 6.45) is 3.23. The zero-order valence-corrected chi connectivity index (χ0v) is 10.3. The number of rotatable bonds is 4. The molecule has 0 unspecified atom stereocenters. The predicted octanol–water partition coefficient (Wildman–Crippen LogP) is 1.80. The van der Waals surface area contributed by atoms with Crippen LogP contribution in [-0.4, -0.2) is 23.8 Å². The third-order valence-corrected chi connectivity index (χ3v) is 2.52. The molecule has 0 aliphatic heterocycles. The zero-order chi connectivity index (χ0) is 12.3. The third kappa shape index (κ3) is 4.66. The van der Waals surface area contributed by atoms with E-state index in [9.17, 15) is 4.79 Å². The molecule has 0 bridgehead atoms. The van der Waals surface area contributed by atoms with Crippen molar-refractivity contribution < 1.29 is 9.53 Å². The Balaban J connectivity index is 2.32. The average Bonchev–Trinajstić information content (AvgIpc) is 2.77. The molecule has 0 heterocycles. The van der Waals surface area contributed by atoms with Crippen LogP contribution in [0.3, 0.4) is 0 Å². The monoisotopic (exact) mass is 226 g/mol. The molecule has 4 heteroatoms. The van der Waals surface area contributed by atoms with Crippen molar-refractivity contribution in [2.75, 3.05) is 0 Å². The molecular formula is C12H22N2O2. The Morgan fingerprint density at radius 1 is 1.69 bits per heavy atom. The van der Waals surface area contributed by atoms with Crippen LogP contribution in [0.25, 0.3) is 0 Å². The van der Waals surface area contributed by atoms with Crippen molar-refractivity contribution >= 4 is 6.09 Å². The fraction of sp³-hybridized carbons (Fsp3) is 0.750. The smallest absolute Gasteiger partial charge is 0.408 e. The summed E-state index contributed by atoms with van der Waals surface area (Å²) in [5.74, 6) is 0.512. The van der Waals surface area contributed by atoms with Crippen LogP contribution in [0.15, 0.2) is 12.7 Å². The van der Waals surface area contributed by atoms with Gasteiger partial charge in [0.15, 0.2) is 0 Å². The van der Waals surface area contributed by atoms with Gasteiger partial charge in [-0.05, 0) is 39.5 Å². The maximum atomic E-state index is 11.5. The lowest BCUT2D eigenvalue weighted by Crippen LogP contribution is -2.38. The highest BCUT2D eigenvalue weighted by atomic mass is 16.6. The number of nitrogens with one attached hydrogen (secondary N) is 1. The molecule has 0 aromatic heterocycles. The van der Waals surface area contributed by atoms with Crippen LogP contribution in [0.5, 0.6) is 0 Å². The average molecular weight is 226 g/mol. The Labute approximate surface area is 97.2 Å². The fourth-order valence-electron chi connectivity index (χ4n) is 1.54. The van der Waals surface area contributed by atoms with E-state index in [1.54, 1.807) is 6.08 Å². The highest BCUT2D eigenvalue weighted by Gasteiger charge is 2.35. The molecule has 0 radical (unpaired) electrons. The van der Waals surface area contributed by atoms with E-state index in [0.29, 0.717) is 12.0 Å². The van der Waals surface area contributed by atoms with E-state index in [-0.39, 0.29) is 6.04 Å². The Morgan fingerprint density at radius 2 is 2.25 bits per heavy atom. The molecule has 1 fully saturated rings. The predicted molar refractivity (Wildman–Crippen MR) is 64.1 cm³/mol. The van der Waals surface area contributed by atoms with Crippen molar-refractivity contribution in [1.82, 2.24) is 5.32 Å². The van der Waals surface area contributed by atoms with Crippen LogP contribution < -0.4 is 11.1 Å². The molecule has 16 heavy (non-hydrogen) atoms. The number of carbonyl (C=O) groups is 1. The summed E-state index contributed by atoms with van der Waals surface area (Å²) in [5.41, 5.74) is 5.26. The SMILES string of the molecule is C=C[C@H](C[C@@H]1C[C@@H]1N)NC(=O)OC(C)(C)C. The normalized spacial score (nSPS) is 25.8. The molecule has 0 aromatic carbocycles. The van der Waals surface area contributed by atoms with Crippen molar-refractivity contribution in [2.45, 2.75) is 51.3 Å². The van der Waals surface area contributed by atoms with E-state index in [0.717, 1.165) is 12.8 Å². The second kappa shape index (κ2) is 4.87. The quantitative estimate of drug-likeness (QED) is 0.718. The first-order valence-corrected chi connectivity index (χ1v) is 5.69. The van der Waals surface area contributed by atoms with Gasteiger partial charge in [0.25, 0.3) is 0 Å². The van der Waals surface area contributed by atoms with Crippen molar-refractivity contribution in [3.05, 3.63) is 12.7 Å². The number of hydrogen-bond acceptors (Lipinski definition) is 3. The maximum absolute atomic E-state index is 11.5. The van der Waals surface area contributed by atoms with Gasteiger partial charge >= 0.3 is 6.09 Å². The van der Waals surface area contributed by atoms with E-state index >= 15 is 0 Å². The third-order valence-electron chi connectivity index (χ3n) is 2.52. The Hall–Kier alpha value is -1.03. The summed E-state index contributed by atoms with van der Waals surface area (Å²) in [4.78, 5) is 11.5. The number of nitrogens with two attached hydrogens (primary N) is 1. The van der Waals surface area contributed by atoms with Crippen molar-refractivity contribution in [3.63, 3.8) is 0 Å². The van der Waals surface area contributed by atoms with Gasteiger partial charge in [0.1, 0.15) is 5.60 Å². The summed E-state index contributed by atoms with van der Waals surface area (Å²) < 4.78 is 5.17. The number of alkyl carbamates (subject to hydrolysis) is 1. The van der Waals surface area contributed by atoms with Crippen LogP contribution in [0, 0.1) is 5.92 Å². The van der Waals surface area contributed by atoms with E-state index in [2.05, 4.69) is 11.9 Å². The lowest BCUT2D eigenvalue weighted by Gasteiger charge is -2.22. The highest BCUT2D eigenvalue weighted by molar-refractivity contribution is 5.68. The van der Waals surface area contributed by atoms with Gasteiger partial charge in [-0.15, -0.1) is 6.58 Å². The van der Waals surface area contributed by atoms with Crippen LogP contribution >= 0.6 is 0 Å². The van der Waals surface area contributed by atoms with E-state index in [1.807, 2.05) is 20.8 Å². The van der Waals surface area contributed by atoms with E-state index in [4.69, 9.17) is 10.5 Å². The van der Waals surface area contributed by atoms with Gasteiger partial charge in [-0.2, -0.15) is 0 Å². The zero-order valence-electron chi connectivity index (χ0n) is 10.3. The number of amides is 1. The fourth-order valence-corrected chi connectivity index (χ4v) is 1.54. The molecule has 0 saturated heterocycles. The molecule has 1 saturated carbocycles. The van der Waals surface area contributed by atoms with Crippen LogP contribution in [0.1, 0.15) is 33.6 Å². The second-order valence-electron chi connectivity index (χ2n) is 5.38. The van der Waals surface area contributed by atoms with Gasteiger partial charge in [0.2, 0.25) is 0 Å². The van der Waals surface area contributed by atoms with Gasteiger partial charge in [-0.1, -0.05) is 6.08 Å². The van der Waals surface area contributed by atoms with Gasteiger partial charge < -0.3 is 15.8 Å². The molecule has 0 aromatic rings. The van der Waals surface area contributed by atoms with Crippen molar-refractivity contribution in [3.8, 4) is 0 Å². The lowest BCUT2D eigenvalue weighted by atomic mass is 10.1. The minimum absolute atomic E-state index is 0.0478. The number of carbonyl (C=O) groups excluding carboxylic acids is 1. The van der Waals surface area contributed by atoms with Gasteiger partial charge in [-0.25, -0.2) is 4.79 Å². The Morgan fingerprint density at radius 3 is 2.62 bits per heavy atom. The number of hydrogen-bond donors (Lipinski definition) is 2. The van der Waals surface area contributed by atoms with E-state index < -0.39 is 11.7 Å². The Kier molecular flexibility index (Phi) is 3.97. The minimum Gasteiger partial charge on any atom is -0.444 e. The molecule has 4 nitrogen and oxygen atoms in total. The minimum atomic E-state index is -0.466. The Bertz CT molecular complexity index is 271. The first kappa shape index (κ1) is 13.0. The first-order chi connectivity index (χ1) is 7.31. The summed E-state index contributed by atoms with van der Waals surface area (Å²) in [5, 5.41) is 2.78. The second-order valence-corrected chi connectivity index (χ2v) is 5.38. The molecule has 1 amide bonds. The van der Waals surface area contributed by atoms with Crippen molar-refractivity contribution in [1.29, 1.82) is 0 Å². The molecule has 0 spiro atoms. The number of ether oxygens (including phenoxy) is 1. The topological polar surface area (TPSA) is 64.3 Å². The summed E-state index contributed by atoms with van der Waals surface area (Å²) in [6.45, 7) is 9.22. The molecule has 1 aliphatic carbocycles. The van der Waals surface area contributed by atoms with Crippen LogP contribution in [0.4, 0.5) is 4.79 Å². The van der Waals surface area contributed by atoms with Gasteiger partial charge in [0.05, 0.1) is 6.04 Å². The van der Waals surface area contributed by atoms with Gasteiger partial charge in [-0.3, -0.25) is 0 Å². The van der Waals surface area contributed by atoms with Crippen molar-refractivity contribution in [2.24, 2.45) is 11.7 Å².